The fraction of sp³-hybridized carbons (Fsp3) is 1.00. The van der Waals surface area contributed by atoms with Gasteiger partial charge < -0.3 is 5.73 Å². The summed E-state index contributed by atoms with van der Waals surface area (Å²) in [5.74, 6) is 3.90. The van der Waals surface area contributed by atoms with Gasteiger partial charge in [-0.15, -0.1) is 0 Å². The van der Waals surface area contributed by atoms with Gasteiger partial charge in [-0.2, -0.15) is 11.8 Å². The highest BCUT2D eigenvalue weighted by molar-refractivity contribution is 7.99. The quantitative estimate of drug-likeness (QED) is 0.612. The molecule has 0 aromatic heterocycles. The topological polar surface area (TPSA) is 29.3 Å². The van der Waals surface area contributed by atoms with E-state index in [-0.39, 0.29) is 0 Å². The molecule has 2 N–H and O–H groups in total. The molecule has 1 unspecified atom stereocenters. The molecule has 0 fully saturated rings. The van der Waals surface area contributed by atoms with Crippen molar-refractivity contribution in [1.82, 2.24) is 4.90 Å². The van der Waals surface area contributed by atoms with Crippen molar-refractivity contribution < 1.29 is 0 Å². The van der Waals surface area contributed by atoms with Crippen LogP contribution in [0.1, 0.15) is 41.0 Å². The van der Waals surface area contributed by atoms with Gasteiger partial charge in [-0.1, -0.05) is 34.6 Å². The average Bonchev–Trinajstić information content (AvgIpc) is 2.22. The first-order valence-corrected chi connectivity index (χ1v) is 8.18. The first-order chi connectivity index (χ1) is 8.01. The van der Waals surface area contributed by atoms with Crippen LogP contribution in [0.2, 0.25) is 0 Å². The Hall–Kier alpha value is 0.270. The van der Waals surface area contributed by atoms with Crippen molar-refractivity contribution in [3.05, 3.63) is 0 Å². The summed E-state index contributed by atoms with van der Waals surface area (Å²) < 4.78 is 0. The van der Waals surface area contributed by atoms with Crippen molar-refractivity contribution in [2.75, 3.05) is 31.1 Å². The zero-order valence-electron chi connectivity index (χ0n) is 12.4. The zero-order valence-corrected chi connectivity index (χ0v) is 13.2. The highest BCUT2D eigenvalue weighted by atomic mass is 32.2. The van der Waals surface area contributed by atoms with E-state index in [2.05, 4.69) is 39.5 Å². The fourth-order valence-electron chi connectivity index (χ4n) is 2.12. The second kappa shape index (κ2) is 10.2. The lowest BCUT2D eigenvalue weighted by molar-refractivity contribution is 0.156. The molecule has 17 heavy (non-hydrogen) atoms. The number of hydrogen-bond donors (Lipinski definition) is 1. The Labute approximate surface area is 113 Å². The molecule has 0 aromatic rings. The Kier molecular flexibility index (Phi) is 10.4. The van der Waals surface area contributed by atoms with E-state index in [4.69, 9.17) is 5.73 Å². The molecule has 0 saturated heterocycles. The molecule has 0 aliphatic carbocycles. The molecule has 0 heterocycles. The summed E-state index contributed by atoms with van der Waals surface area (Å²) in [5, 5.41) is 0. The van der Waals surface area contributed by atoms with Crippen LogP contribution in [0.3, 0.4) is 0 Å². The van der Waals surface area contributed by atoms with Gasteiger partial charge in [0, 0.05) is 25.7 Å². The molecule has 0 aromatic carbocycles. The normalized spacial score (nSPS) is 13.9. The standard InChI is InChI=1S/C14H32N2S/c1-6-17-8-7-14(9-15)16(10-12(2)3)11-13(4)5/h12-14H,6-11,15H2,1-5H3. The van der Waals surface area contributed by atoms with E-state index in [9.17, 15) is 0 Å². The Morgan fingerprint density at radius 3 is 1.94 bits per heavy atom. The lowest BCUT2D eigenvalue weighted by atomic mass is 10.1. The van der Waals surface area contributed by atoms with Crippen LogP contribution in [0.25, 0.3) is 0 Å². The zero-order chi connectivity index (χ0) is 13.3. The molecule has 0 bridgehead atoms. The predicted octanol–water partition coefficient (Wildman–Crippen LogP) is 3.07. The maximum atomic E-state index is 5.96. The van der Waals surface area contributed by atoms with E-state index in [1.54, 1.807) is 0 Å². The lowest BCUT2D eigenvalue weighted by Crippen LogP contribution is -2.44. The molecule has 0 aliphatic heterocycles. The number of nitrogens with zero attached hydrogens (tertiary/aromatic N) is 1. The number of hydrogen-bond acceptors (Lipinski definition) is 3. The Morgan fingerprint density at radius 2 is 1.59 bits per heavy atom. The minimum absolute atomic E-state index is 0.568. The third-order valence-electron chi connectivity index (χ3n) is 2.79. The monoisotopic (exact) mass is 260 g/mol. The summed E-state index contributed by atoms with van der Waals surface area (Å²) in [6.07, 6.45) is 1.23. The second-order valence-corrected chi connectivity index (χ2v) is 7.01. The molecule has 0 saturated carbocycles. The average molecular weight is 260 g/mol. The van der Waals surface area contributed by atoms with Crippen molar-refractivity contribution in [1.29, 1.82) is 0 Å². The largest absolute Gasteiger partial charge is 0.329 e. The van der Waals surface area contributed by atoms with Crippen LogP contribution in [-0.4, -0.2) is 42.1 Å². The van der Waals surface area contributed by atoms with Crippen molar-refractivity contribution in [2.24, 2.45) is 17.6 Å². The maximum absolute atomic E-state index is 5.96. The number of thioether (sulfide) groups is 1. The second-order valence-electron chi connectivity index (χ2n) is 5.62. The van der Waals surface area contributed by atoms with Crippen LogP contribution in [0, 0.1) is 11.8 Å². The molecule has 2 nitrogen and oxygen atoms in total. The molecular weight excluding hydrogens is 228 g/mol. The van der Waals surface area contributed by atoms with Gasteiger partial charge in [0.05, 0.1) is 0 Å². The molecule has 0 spiro atoms. The Balaban J connectivity index is 4.27. The maximum Gasteiger partial charge on any atom is 0.0226 e. The van der Waals surface area contributed by atoms with Crippen molar-refractivity contribution in [3.63, 3.8) is 0 Å². The SMILES string of the molecule is CCSCCC(CN)N(CC(C)C)CC(C)C. The summed E-state index contributed by atoms with van der Waals surface area (Å²) in [6, 6.07) is 0.568. The van der Waals surface area contributed by atoms with Crippen LogP contribution in [0.5, 0.6) is 0 Å². The lowest BCUT2D eigenvalue weighted by Gasteiger charge is -2.33. The van der Waals surface area contributed by atoms with Gasteiger partial charge in [-0.25, -0.2) is 0 Å². The van der Waals surface area contributed by atoms with Crippen molar-refractivity contribution >= 4 is 11.8 Å². The third kappa shape index (κ3) is 8.92. The van der Waals surface area contributed by atoms with Crippen molar-refractivity contribution in [3.8, 4) is 0 Å². The van der Waals surface area contributed by atoms with Crippen molar-refractivity contribution in [2.45, 2.75) is 47.1 Å². The molecule has 104 valence electrons. The first-order valence-electron chi connectivity index (χ1n) is 7.03. The minimum Gasteiger partial charge on any atom is -0.329 e. The predicted molar refractivity (Wildman–Crippen MR) is 81.7 cm³/mol. The fourth-order valence-corrected chi connectivity index (χ4v) is 2.85. The number of rotatable bonds is 10. The minimum atomic E-state index is 0.568. The van der Waals surface area contributed by atoms with Gasteiger partial charge in [0.1, 0.15) is 0 Å². The molecule has 0 radical (unpaired) electrons. The van der Waals surface area contributed by atoms with Crippen LogP contribution >= 0.6 is 11.8 Å². The highest BCUT2D eigenvalue weighted by Gasteiger charge is 2.18. The first kappa shape index (κ1) is 17.3. The molecule has 0 amide bonds. The molecule has 1 atom stereocenters. The van der Waals surface area contributed by atoms with Gasteiger partial charge in [-0.3, -0.25) is 4.90 Å². The summed E-state index contributed by atoms with van der Waals surface area (Å²) in [4.78, 5) is 2.60. The molecular formula is C14H32N2S. The van der Waals surface area contributed by atoms with Gasteiger partial charge in [0.2, 0.25) is 0 Å². The van der Waals surface area contributed by atoms with Gasteiger partial charge >= 0.3 is 0 Å². The Morgan fingerprint density at radius 1 is 1.06 bits per heavy atom. The summed E-state index contributed by atoms with van der Waals surface area (Å²) in [5.41, 5.74) is 5.96. The van der Waals surface area contributed by atoms with E-state index in [1.165, 1.54) is 31.0 Å². The van der Waals surface area contributed by atoms with E-state index in [0.717, 1.165) is 18.4 Å². The Bertz CT molecular complexity index is 162. The highest BCUT2D eigenvalue weighted by Crippen LogP contribution is 2.13. The molecule has 3 heteroatoms. The van der Waals surface area contributed by atoms with Gasteiger partial charge in [0.15, 0.2) is 0 Å². The van der Waals surface area contributed by atoms with E-state index >= 15 is 0 Å². The van der Waals surface area contributed by atoms with Gasteiger partial charge in [-0.05, 0) is 29.8 Å². The summed E-state index contributed by atoms with van der Waals surface area (Å²) in [7, 11) is 0. The van der Waals surface area contributed by atoms with Crippen LogP contribution < -0.4 is 5.73 Å². The van der Waals surface area contributed by atoms with E-state index in [0.29, 0.717) is 6.04 Å². The van der Waals surface area contributed by atoms with E-state index in [1.807, 2.05) is 11.8 Å². The third-order valence-corrected chi connectivity index (χ3v) is 3.72. The summed E-state index contributed by atoms with van der Waals surface area (Å²) >= 11 is 2.02. The van der Waals surface area contributed by atoms with Crippen LogP contribution in [0.15, 0.2) is 0 Å². The van der Waals surface area contributed by atoms with Crippen LogP contribution in [0.4, 0.5) is 0 Å². The summed E-state index contributed by atoms with van der Waals surface area (Å²) in [6.45, 7) is 14.5. The van der Waals surface area contributed by atoms with Crippen LogP contribution in [-0.2, 0) is 0 Å². The number of nitrogens with two attached hydrogens (primary N) is 1. The van der Waals surface area contributed by atoms with E-state index < -0.39 is 0 Å². The molecule has 0 aliphatic rings. The smallest absolute Gasteiger partial charge is 0.0226 e. The van der Waals surface area contributed by atoms with Gasteiger partial charge in [0.25, 0.3) is 0 Å². The molecule has 0 rings (SSSR count).